The lowest BCUT2D eigenvalue weighted by molar-refractivity contribution is -0.144. The standard InChI is InChI=1S/C29H23F12NO/c1-14(2)4-25(15(3)43)18-5-16(17-6-19(26(30,31)32)10-20(7-17)27(33,34)35)8-23(9-18)42-24-12-21(28(36,37)38)11-22(13-24)29(39,40)41/h5-14,25,42H,4H2,1-3H3. The number of hydrogen-bond acceptors (Lipinski definition) is 2. The molecule has 0 bridgehead atoms. The van der Waals surface area contributed by atoms with Gasteiger partial charge in [-0.1, -0.05) is 19.9 Å². The second-order valence-electron chi connectivity index (χ2n) is 10.4. The zero-order valence-corrected chi connectivity index (χ0v) is 22.5. The molecule has 1 unspecified atom stereocenters. The topological polar surface area (TPSA) is 29.1 Å². The Balaban J connectivity index is 2.31. The number of nitrogens with one attached hydrogen (secondary N) is 1. The second kappa shape index (κ2) is 11.8. The highest BCUT2D eigenvalue weighted by atomic mass is 19.4. The van der Waals surface area contributed by atoms with Gasteiger partial charge in [-0.05, 0) is 84.5 Å². The Labute approximate surface area is 237 Å². The van der Waals surface area contributed by atoms with Crippen molar-refractivity contribution in [3.05, 3.63) is 82.4 Å². The minimum atomic E-state index is -5.19. The molecular formula is C29H23F12NO. The molecular weight excluding hydrogens is 606 g/mol. The molecule has 0 heterocycles. The van der Waals surface area contributed by atoms with Crippen LogP contribution in [0, 0.1) is 5.92 Å². The smallest absolute Gasteiger partial charge is 0.355 e. The van der Waals surface area contributed by atoms with Gasteiger partial charge in [0.25, 0.3) is 0 Å². The molecule has 234 valence electrons. The maximum Gasteiger partial charge on any atom is 0.416 e. The molecule has 0 aromatic heterocycles. The van der Waals surface area contributed by atoms with E-state index in [0.717, 1.165) is 6.07 Å². The Bertz CT molecular complexity index is 1420. The third-order valence-electron chi connectivity index (χ3n) is 6.35. The van der Waals surface area contributed by atoms with Gasteiger partial charge in [0, 0.05) is 17.3 Å². The first-order chi connectivity index (χ1) is 19.4. The zero-order chi connectivity index (χ0) is 32.7. The molecule has 0 fully saturated rings. The van der Waals surface area contributed by atoms with Crippen molar-refractivity contribution in [2.24, 2.45) is 5.92 Å². The maximum absolute atomic E-state index is 13.5. The molecule has 0 aliphatic carbocycles. The van der Waals surface area contributed by atoms with Crippen LogP contribution in [0.4, 0.5) is 64.1 Å². The number of ketones is 1. The van der Waals surface area contributed by atoms with E-state index in [0.29, 0.717) is 24.3 Å². The largest absolute Gasteiger partial charge is 0.416 e. The lowest BCUT2D eigenvalue weighted by Crippen LogP contribution is -2.13. The van der Waals surface area contributed by atoms with Gasteiger partial charge in [0.1, 0.15) is 5.78 Å². The number of anilines is 2. The summed E-state index contributed by atoms with van der Waals surface area (Å²) >= 11 is 0. The van der Waals surface area contributed by atoms with Crippen LogP contribution in [-0.2, 0) is 29.5 Å². The van der Waals surface area contributed by atoms with Gasteiger partial charge in [0.2, 0.25) is 0 Å². The molecule has 3 rings (SSSR count). The lowest BCUT2D eigenvalue weighted by atomic mass is 9.85. The monoisotopic (exact) mass is 629 g/mol. The maximum atomic E-state index is 13.5. The van der Waals surface area contributed by atoms with Crippen LogP contribution in [0.2, 0.25) is 0 Å². The van der Waals surface area contributed by atoms with Gasteiger partial charge >= 0.3 is 24.7 Å². The summed E-state index contributed by atoms with van der Waals surface area (Å²) in [4.78, 5) is 12.5. The number of rotatable bonds is 7. The summed E-state index contributed by atoms with van der Waals surface area (Å²) in [7, 11) is 0. The fraction of sp³-hybridized carbons (Fsp3) is 0.345. The van der Waals surface area contributed by atoms with Gasteiger partial charge in [-0.3, -0.25) is 4.79 Å². The molecule has 0 spiro atoms. The van der Waals surface area contributed by atoms with Gasteiger partial charge in [-0.25, -0.2) is 0 Å². The van der Waals surface area contributed by atoms with Crippen LogP contribution in [0.25, 0.3) is 11.1 Å². The molecule has 0 saturated heterocycles. The number of carbonyl (C=O) groups is 1. The van der Waals surface area contributed by atoms with Crippen molar-refractivity contribution in [3.8, 4) is 11.1 Å². The average molecular weight is 629 g/mol. The summed E-state index contributed by atoms with van der Waals surface area (Å²) in [5.74, 6) is -1.51. The van der Waals surface area contributed by atoms with E-state index in [1.165, 1.54) is 19.1 Å². The Kier molecular flexibility index (Phi) is 9.24. The third kappa shape index (κ3) is 8.66. The fourth-order valence-corrected chi connectivity index (χ4v) is 4.42. The molecule has 43 heavy (non-hydrogen) atoms. The van der Waals surface area contributed by atoms with Crippen molar-refractivity contribution in [2.45, 2.75) is 57.8 Å². The molecule has 0 saturated carbocycles. The van der Waals surface area contributed by atoms with Crippen LogP contribution in [-0.4, -0.2) is 5.78 Å². The average Bonchev–Trinajstić information content (AvgIpc) is 2.84. The van der Waals surface area contributed by atoms with E-state index in [9.17, 15) is 57.5 Å². The van der Waals surface area contributed by atoms with Crippen LogP contribution in [0.3, 0.4) is 0 Å². The third-order valence-corrected chi connectivity index (χ3v) is 6.35. The highest BCUT2D eigenvalue weighted by Crippen LogP contribution is 2.42. The van der Waals surface area contributed by atoms with Crippen molar-refractivity contribution < 1.29 is 57.5 Å². The van der Waals surface area contributed by atoms with E-state index >= 15 is 0 Å². The van der Waals surface area contributed by atoms with Crippen molar-refractivity contribution in [1.82, 2.24) is 0 Å². The summed E-state index contributed by atoms with van der Waals surface area (Å²) in [6.45, 7) is 4.67. The fourth-order valence-electron chi connectivity index (χ4n) is 4.42. The highest BCUT2D eigenvalue weighted by molar-refractivity contribution is 5.85. The molecule has 0 amide bonds. The summed E-state index contributed by atoms with van der Waals surface area (Å²) in [6, 6.07) is 4.72. The summed E-state index contributed by atoms with van der Waals surface area (Å²) in [5.41, 5.74) is -8.41. The van der Waals surface area contributed by atoms with Crippen LogP contribution >= 0.6 is 0 Å². The summed E-state index contributed by atoms with van der Waals surface area (Å²) < 4.78 is 162. The first-order valence-electron chi connectivity index (χ1n) is 12.5. The molecule has 0 aliphatic rings. The number of alkyl halides is 12. The molecule has 3 aromatic carbocycles. The van der Waals surface area contributed by atoms with Crippen LogP contribution < -0.4 is 5.32 Å². The molecule has 3 aromatic rings. The lowest BCUT2D eigenvalue weighted by Gasteiger charge is -2.21. The number of carbonyl (C=O) groups excluding carboxylic acids is 1. The van der Waals surface area contributed by atoms with Crippen molar-refractivity contribution in [2.75, 3.05) is 5.32 Å². The van der Waals surface area contributed by atoms with E-state index in [2.05, 4.69) is 5.32 Å². The number of hydrogen-bond donors (Lipinski definition) is 1. The predicted octanol–water partition coefficient (Wildman–Crippen LogP) is 10.9. The quantitative estimate of drug-likeness (QED) is 0.264. The number of Topliss-reactive ketones (excluding diaryl/α,β-unsaturated/α-hetero) is 1. The van der Waals surface area contributed by atoms with Crippen molar-refractivity contribution in [3.63, 3.8) is 0 Å². The molecule has 1 atom stereocenters. The Hall–Kier alpha value is -3.71. The van der Waals surface area contributed by atoms with Crippen LogP contribution in [0.1, 0.15) is 60.9 Å². The predicted molar refractivity (Wildman–Crippen MR) is 134 cm³/mol. The van der Waals surface area contributed by atoms with E-state index in [-0.39, 0.29) is 41.3 Å². The second-order valence-corrected chi connectivity index (χ2v) is 10.4. The molecule has 2 nitrogen and oxygen atoms in total. The van der Waals surface area contributed by atoms with Crippen LogP contribution in [0.15, 0.2) is 54.6 Å². The van der Waals surface area contributed by atoms with Gasteiger partial charge in [-0.15, -0.1) is 0 Å². The molecule has 1 N–H and O–H groups in total. The first-order valence-corrected chi connectivity index (χ1v) is 12.5. The van der Waals surface area contributed by atoms with Gasteiger partial charge in [0.15, 0.2) is 0 Å². The normalized spacial score (nSPS) is 13.8. The van der Waals surface area contributed by atoms with Gasteiger partial charge in [-0.2, -0.15) is 52.7 Å². The minimum Gasteiger partial charge on any atom is -0.355 e. The SMILES string of the molecule is CC(=O)C(CC(C)C)c1cc(Nc2cc(C(F)(F)F)cc(C(F)(F)F)c2)cc(-c2cc(C(F)(F)F)cc(C(F)(F)F)c2)c1. The Morgan fingerprint density at radius 3 is 1.33 bits per heavy atom. The zero-order valence-electron chi connectivity index (χ0n) is 22.5. The van der Waals surface area contributed by atoms with Gasteiger partial charge in [0.05, 0.1) is 22.3 Å². The molecule has 0 radical (unpaired) electrons. The van der Waals surface area contributed by atoms with Crippen LogP contribution in [0.5, 0.6) is 0 Å². The first kappa shape index (κ1) is 33.8. The minimum absolute atomic E-state index is 0.0789. The van der Waals surface area contributed by atoms with E-state index in [1.807, 2.05) is 0 Å². The Morgan fingerprint density at radius 2 is 0.953 bits per heavy atom. The van der Waals surface area contributed by atoms with Gasteiger partial charge < -0.3 is 5.32 Å². The van der Waals surface area contributed by atoms with Crippen molar-refractivity contribution >= 4 is 17.2 Å². The summed E-state index contributed by atoms with van der Waals surface area (Å²) in [5, 5.41) is 2.36. The highest BCUT2D eigenvalue weighted by Gasteiger charge is 2.38. The summed E-state index contributed by atoms with van der Waals surface area (Å²) in [6.07, 6.45) is -20.6. The molecule has 0 aliphatic heterocycles. The number of halogens is 12. The Morgan fingerprint density at radius 1 is 0.581 bits per heavy atom. The van der Waals surface area contributed by atoms with E-state index in [4.69, 9.17) is 0 Å². The number of benzene rings is 3. The molecule has 14 heteroatoms. The van der Waals surface area contributed by atoms with E-state index in [1.54, 1.807) is 13.8 Å². The van der Waals surface area contributed by atoms with E-state index < -0.39 is 69.9 Å². The van der Waals surface area contributed by atoms with Crippen molar-refractivity contribution in [1.29, 1.82) is 0 Å².